The number of benzene rings is 2. The van der Waals surface area contributed by atoms with E-state index in [1.165, 1.54) is 12.1 Å². The summed E-state index contributed by atoms with van der Waals surface area (Å²) in [4.78, 5) is 21.2. The van der Waals surface area contributed by atoms with E-state index in [0.29, 0.717) is 5.69 Å². The van der Waals surface area contributed by atoms with Crippen molar-refractivity contribution in [1.82, 2.24) is 4.98 Å². The molecule has 3 N–H and O–H groups in total. The number of ether oxygens (including phenoxy) is 1. The van der Waals surface area contributed by atoms with Crippen LogP contribution in [-0.4, -0.2) is 23.3 Å². The standard InChI is InChI=1S/C23H20FIN4O2/c1-23(13-31-20(21(26)29-23)14-5-3-2-4-6-14)17-11-16(8-9-18(17)24)28-22(30)19-10-7-15(25)12-27-19/h2-12,20H,13H2,1H3,(H2,26,29)(H,28,30)/t20-,23-/m0/s1. The second-order valence-corrected chi connectivity index (χ2v) is 8.67. The van der Waals surface area contributed by atoms with E-state index in [0.717, 1.165) is 9.13 Å². The summed E-state index contributed by atoms with van der Waals surface area (Å²) in [6, 6.07) is 17.3. The van der Waals surface area contributed by atoms with Gasteiger partial charge in [0.25, 0.3) is 5.91 Å². The average Bonchev–Trinajstić information content (AvgIpc) is 2.76. The first-order valence-electron chi connectivity index (χ1n) is 9.60. The van der Waals surface area contributed by atoms with Crippen molar-refractivity contribution in [2.24, 2.45) is 10.7 Å². The van der Waals surface area contributed by atoms with Crippen molar-refractivity contribution >= 4 is 40.0 Å². The van der Waals surface area contributed by atoms with Crippen molar-refractivity contribution in [2.45, 2.75) is 18.6 Å². The Kier molecular flexibility index (Phi) is 6.01. The van der Waals surface area contributed by atoms with Gasteiger partial charge < -0.3 is 15.8 Å². The molecule has 31 heavy (non-hydrogen) atoms. The van der Waals surface area contributed by atoms with Gasteiger partial charge in [-0.2, -0.15) is 0 Å². The van der Waals surface area contributed by atoms with Crippen LogP contribution in [0.1, 0.15) is 34.6 Å². The Morgan fingerprint density at radius 1 is 1.23 bits per heavy atom. The van der Waals surface area contributed by atoms with Crippen LogP contribution in [0.3, 0.4) is 0 Å². The Morgan fingerprint density at radius 2 is 2.00 bits per heavy atom. The fraction of sp³-hybridized carbons (Fsp3) is 0.174. The van der Waals surface area contributed by atoms with Crippen molar-refractivity contribution in [2.75, 3.05) is 11.9 Å². The first-order valence-corrected chi connectivity index (χ1v) is 10.7. The van der Waals surface area contributed by atoms with E-state index in [2.05, 4.69) is 37.9 Å². The summed E-state index contributed by atoms with van der Waals surface area (Å²) >= 11 is 2.11. The van der Waals surface area contributed by atoms with Crippen LogP contribution in [0, 0.1) is 9.39 Å². The third-order valence-electron chi connectivity index (χ3n) is 5.04. The van der Waals surface area contributed by atoms with Gasteiger partial charge in [0.2, 0.25) is 0 Å². The molecule has 6 nitrogen and oxygen atoms in total. The topological polar surface area (TPSA) is 89.6 Å². The molecule has 1 amide bonds. The number of aliphatic imine (C=N–C) groups is 1. The van der Waals surface area contributed by atoms with E-state index in [-0.39, 0.29) is 29.6 Å². The van der Waals surface area contributed by atoms with Gasteiger partial charge in [-0.25, -0.2) is 9.37 Å². The molecule has 0 spiro atoms. The van der Waals surface area contributed by atoms with Gasteiger partial charge in [0.1, 0.15) is 29.0 Å². The first kappa shape index (κ1) is 21.4. The van der Waals surface area contributed by atoms with Crippen LogP contribution in [0.25, 0.3) is 0 Å². The number of anilines is 1. The summed E-state index contributed by atoms with van der Waals surface area (Å²) in [5, 5.41) is 2.76. The van der Waals surface area contributed by atoms with Gasteiger partial charge in [0.15, 0.2) is 0 Å². The molecule has 2 atom stereocenters. The van der Waals surface area contributed by atoms with Crippen molar-refractivity contribution < 1.29 is 13.9 Å². The molecule has 0 saturated heterocycles. The highest BCUT2D eigenvalue weighted by atomic mass is 127. The van der Waals surface area contributed by atoms with Crippen LogP contribution in [-0.2, 0) is 10.3 Å². The number of aromatic nitrogens is 1. The molecule has 1 aliphatic heterocycles. The number of amides is 1. The molecule has 3 aromatic rings. The minimum atomic E-state index is -1.03. The molecule has 158 valence electrons. The van der Waals surface area contributed by atoms with Gasteiger partial charge in [-0.15, -0.1) is 0 Å². The summed E-state index contributed by atoms with van der Waals surface area (Å²) in [5.41, 5.74) is 7.05. The Balaban J connectivity index is 1.60. The number of nitrogens with two attached hydrogens (primary N) is 1. The molecule has 1 aromatic heterocycles. The summed E-state index contributed by atoms with van der Waals surface area (Å²) in [7, 11) is 0. The minimum absolute atomic E-state index is 0.139. The third-order valence-corrected chi connectivity index (χ3v) is 5.68. The largest absolute Gasteiger partial charge is 0.385 e. The number of pyridine rings is 1. The van der Waals surface area contributed by atoms with Crippen molar-refractivity contribution in [1.29, 1.82) is 0 Å². The molecule has 0 bridgehead atoms. The Morgan fingerprint density at radius 3 is 2.68 bits per heavy atom. The van der Waals surface area contributed by atoms with Gasteiger partial charge in [-0.3, -0.25) is 9.79 Å². The summed E-state index contributed by atoms with van der Waals surface area (Å²) in [6.45, 7) is 1.89. The maximum atomic E-state index is 14.8. The van der Waals surface area contributed by atoms with E-state index in [4.69, 9.17) is 10.5 Å². The number of amidine groups is 1. The Labute approximate surface area is 192 Å². The second-order valence-electron chi connectivity index (χ2n) is 7.42. The highest BCUT2D eigenvalue weighted by Gasteiger charge is 2.37. The van der Waals surface area contributed by atoms with Crippen molar-refractivity contribution in [3.05, 3.63) is 93.1 Å². The molecule has 0 saturated carbocycles. The zero-order valence-corrected chi connectivity index (χ0v) is 18.8. The molecule has 0 radical (unpaired) electrons. The zero-order chi connectivity index (χ0) is 22.0. The quantitative estimate of drug-likeness (QED) is 0.489. The molecule has 0 fully saturated rings. The van der Waals surface area contributed by atoms with Crippen LogP contribution in [0.2, 0.25) is 0 Å². The normalized spacial score (nSPS) is 20.7. The lowest BCUT2D eigenvalue weighted by molar-refractivity contribution is 0.0436. The van der Waals surface area contributed by atoms with Crippen molar-refractivity contribution in [3.8, 4) is 0 Å². The number of carbonyl (C=O) groups excluding carboxylic acids is 1. The van der Waals surface area contributed by atoms with Crippen LogP contribution in [0.15, 0.2) is 71.9 Å². The predicted octanol–water partition coefficient (Wildman–Crippen LogP) is 4.42. The number of halogens is 2. The highest BCUT2D eigenvalue weighted by Crippen LogP contribution is 2.36. The SMILES string of the molecule is C[C@@]1(c2cc(NC(=O)c3ccc(I)cn3)ccc2F)CO[C@@H](c2ccccc2)C(N)=N1. The van der Waals surface area contributed by atoms with E-state index in [9.17, 15) is 9.18 Å². The van der Waals surface area contributed by atoms with Gasteiger partial charge in [0.05, 0.1) is 6.61 Å². The number of nitrogens with zero attached hydrogens (tertiary/aromatic N) is 2. The molecule has 0 unspecified atom stereocenters. The molecule has 4 rings (SSSR count). The van der Waals surface area contributed by atoms with E-state index in [1.54, 1.807) is 31.3 Å². The molecule has 2 aromatic carbocycles. The number of hydrogen-bond donors (Lipinski definition) is 2. The number of rotatable bonds is 4. The fourth-order valence-corrected chi connectivity index (χ4v) is 3.78. The summed E-state index contributed by atoms with van der Waals surface area (Å²) in [6.07, 6.45) is 1.12. The lowest BCUT2D eigenvalue weighted by Crippen LogP contribution is -2.40. The summed E-state index contributed by atoms with van der Waals surface area (Å²) < 4.78 is 21.7. The lowest BCUT2D eigenvalue weighted by atomic mass is 9.90. The highest BCUT2D eigenvalue weighted by molar-refractivity contribution is 14.1. The van der Waals surface area contributed by atoms with Crippen molar-refractivity contribution in [3.63, 3.8) is 0 Å². The monoisotopic (exact) mass is 530 g/mol. The third kappa shape index (κ3) is 4.59. The molecule has 2 heterocycles. The molecular weight excluding hydrogens is 510 g/mol. The minimum Gasteiger partial charge on any atom is -0.385 e. The Bertz CT molecular complexity index is 1140. The number of hydrogen-bond acceptors (Lipinski definition) is 5. The maximum absolute atomic E-state index is 14.8. The van der Waals surface area contributed by atoms with Gasteiger partial charge >= 0.3 is 0 Å². The molecular formula is C23H20FIN4O2. The molecule has 1 aliphatic rings. The fourth-order valence-electron chi connectivity index (χ4n) is 3.46. The number of nitrogens with one attached hydrogen (secondary N) is 1. The zero-order valence-electron chi connectivity index (χ0n) is 16.7. The lowest BCUT2D eigenvalue weighted by Gasteiger charge is -2.34. The molecule has 8 heteroatoms. The van der Waals surface area contributed by atoms with Gasteiger partial charge in [0, 0.05) is 21.0 Å². The van der Waals surface area contributed by atoms with Gasteiger partial charge in [-0.05, 0) is 65.4 Å². The van der Waals surface area contributed by atoms with E-state index >= 15 is 0 Å². The predicted molar refractivity (Wildman–Crippen MR) is 125 cm³/mol. The van der Waals surface area contributed by atoms with E-state index in [1.807, 2.05) is 30.3 Å². The first-order chi connectivity index (χ1) is 14.9. The van der Waals surface area contributed by atoms with Crippen LogP contribution in [0.5, 0.6) is 0 Å². The summed E-state index contributed by atoms with van der Waals surface area (Å²) in [5.74, 6) is -0.561. The van der Waals surface area contributed by atoms with E-state index < -0.39 is 17.5 Å². The smallest absolute Gasteiger partial charge is 0.274 e. The van der Waals surface area contributed by atoms with Gasteiger partial charge in [-0.1, -0.05) is 30.3 Å². The van der Waals surface area contributed by atoms with Crippen LogP contribution < -0.4 is 11.1 Å². The number of carbonyl (C=O) groups is 1. The average molecular weight is 530 g/mol. The second kappa shape index (κ2) is 8.72. The molecule has 0 aliphatic carbocycles. The van der Waals surface area contributed by atoms with Crippen LogP contribution >= 0.6 is 22.6 Å². The van der Waals surface area contributed by atoms with Crippen LogP contribution in [0.4, 0.5) is 10.1 Å². The Hall–Kier alpha value is -2.85. The maximum Gasteiger partial charge on any atom is 0.274 e.